The summed E-state index contributed by atoms with van der Waals surface area (Å²) in [5.74, 6) is 0.0110. The number of methoxy groups -OCH3 is 1. The number of nitro groups is 1. The van der Waals surface area contributed by atoms with Crippen LogP contribution in [0.1, 0.15) is 26.3 Å². The summed E-state index contributed by atoms with van der Waals surface area (Å²) < 4.78 is 28.8. The largest absolute Gasteiger partial charge is 0.496 e. The van der Waals surface area contributed by atoms with Gasteiger partial charge >= 0.3 is 11.7 Å². The molecule has 0 N–H and O–H groups in total. The third-order valence-electron chi connectivity index (χ3n) is 6.51. The third kappa shape index (κ3) is 5.79. The van der Waals surface area contributed by atoms with E-state index >= 15 is 0 Å². The Kier molecular flexibility index (Phi) is 8.56. The number of esters is 1. The lowest BCUT2D eigenvalue weighted by molar-refractivity contribution is -0.386. The van der Waals surface area contributed by atoms with E-state index in [9.17, 15) is 19.7 Å². The molecule has 0 aliphatic carbocycles. The van der Waals surface area contributed by atoms with E-state index in [1.54, 1.807) is 69.5 Å². The second-order valence-electron chi connectivity index (χ2n) is 9.37. The summed E-state index contributed by atoms with van der Waals surface area (Å²) in [6, 6.07) is 16.5. The van der Waals surface area contributed by atoms with Gasteiger partial charge in [-0.15, -0.1) is 0 Å². The van der Waals surface area contributed by atoms with E-state index in [2.05, 4.69) is 10.1 Å². The quantitative estimate of drug-likeness (QED) is 0.0839. The van der Waals surface area contributed by atoms with Gasteiger partial charge in [-0.1, -0.05) is 18.2 Å². The highest BCUT2D eigenvalue weighted by molar-refractivity contribution is 5.89. The second kappa shape index (κ2) is 12.7. The van der Waals surface area contributed by atoms with Gasteiger partial charge in [0.1, 0.15) is 11.3 Å². The number of rotatable bonds is 11. The van der Waals surface area contributed by atoms with Gasteiger partial charge in [0.05, 0.1) is 47.8 Å². The van der Waals surface area contributed by atoms with Crippen LogP contribution in [0, 0.1) is 10.1 Å². The molecule has 2 heterocycles. The molecule has 2 aromatic heterocycles. The van der Waals surface area contributed by atoms with Gasteiger partial charge < -0.3 is 23.4 Å². The Hall–Kier alpha value is -5.72. The minimum absolute atomic E-state index is 0.00730. The van der Waals surface area contributed by atoms with E-state index in [0.717, 1.165) is 4.68 Å². The monoisotopic (exact) mass is 600 g/mol. The summed E-state index contributed by atoms with van der Waals surface area (Å²) in [4.78, 5) is 41.9. The fourth-order valence-corrected chi connectivity index (χ4v) is 4.52. The number of hydrogen-bond acceptors (Lipinski definition) is 11. The maximum atomic E-state index is 13.7. The SMILES string of the molecule is CCOC(=O)[C@@H](C)Oc1c(OCC)cc(C=Nn2c(-c3cc4c(OC)cccc4o3)nc3ccccc3c2=O)cc1[N+](=O)[O-]. The first-order chi connectivity index (χ1) is 21.2. The van der Waals surface area contributed by atoms with Gasteiger partial charge in [-0.25, -0.2) is 9.78 Å². The molecule has 0 fully saturated rings. The lowest BCUT2D eigenvalue weighted by atomic mass is 10.1. The molecule has 5 rings (SSSR count). The molecule has 0 aliphatic rings. The van der Waals surface area contributed by atoms with Crippen molar-refractivity contribution in [2.45, 2.75) is 26.9 Å². The number of nitro benzene ring substituents is 1. The van der Waals surface area contributed by atoms with Gasteiger partial charge in [-0.3, -0.25) is 14.9 Å². The highest BCUT2D eigenvalue weighted by Crippen LogP contribution is 2.39. The zero-order chi connectivity index (χ0) is 31.4. The molecule has 0 unspecified atom stereocenters. The summed E-state index contributed by atoms with van der Waals surface area (Å²) in [5.41, 5.74) is 0.201. The van der Waals surface area contributed by atoms with E-state index < -0.39 is 28.2 Å². The molecule has 226 valence electrons. The molecule has 1 atom stereocenters. The zero-order valence-electron chi connectivity index (χ0n) is 24.3. The zero-order valence-corrected chi connectivity index (χ0v) is 24.3. The molecule has 0 bridgehead atoms. The minimum Gasteiger partial charge on any atom is -0.496 e. The van der Waals surface area contributed by atoms with E-state index in [-0.39, 0.29) is 41.9 Å². The van der Waals surface area contributed by atoms with E-state index in [0.29, 0.717) is 27.6 Å². The Morgan fingerprint density at radius 3 is 2.61 bits per heavy atom. The summed E-state index contributed by atoms with van der Waals surface area (Å²) in [6.07, 6.45) is 0.123. The topological polar surface area (TPSA) is 158 Å². The first kappa shape index (κ1) is 29.8. The van der Waals surface area contributed by atoms with Gasteiger partial charge in [0.2, 0.25) is 11.6 Å². The summed E-state index contributed by atoms with van der Waals surface area (Å²) >= 11 is 0. The molecule has 13 nitrogen and oxygen atoms in total. The molecule has 0 radical (unpaired) electrons. The van der Waals surface area contributed by atoms with Crippen molar-refractivity contribution >= 4 is 39.7 Å². The maximum absolute atomic E-state index is 13.7. The molecular formula is C31H28N4O9. The third-order valence-corrected chi connectivity index (χ3v) is 6.51. The Balaban J connectivity index is 1.65. The number of carbonyl (C=O) groups is 1. The lowest BCUT2D eigenvalue weighted by Gasteiger charge is -2.17. The van der Waals surface area contributed by atoms with Crippen molar-refractivity contribution in [3.05, 3.63) is 86.7 Å². The minimum atomic E-state index is -1.14. The van der Waals surface area contributed by atoms with Crippen LogP contribution in [0.2, 0.25) is 0 Å². The van der Waals surface area contributed by atoms with Crippen molar-refractivity contribution in [2.24, 2.45) is 5.10 Å². The molecule has 0 aliphatic heterocycles. The summed E-state index contributed by atoms with van der Waals surface area (Å²) in [7, 11) is 1.54. The Morgan fingerprint density at radius 1 is 1.09 bits per heavy atom. The smallest absolute Gasteiger partial charge is 0.347 e. The summed E-state index contributed by atoms with van der Waals surface area (Å²) in [5, 5.41) is 17.5. The van der Waals surface area contributed by atoms with Crippen molar-refractivity contribution in [3.8, 4) is 28.8 Å². The number of fused-ring (bicyclic) bond motifs is 2. The van der Waals surface area contributed by atoms with Crippen LogP contribution >= 0.6 is 0 Å². The van der Waals surface area contributed by atoms with Crippen LogP contribution in [0.5, 0.6) is 17.2 Å². The van der Waals surface area contributed by atoms with E-state index in [4.69, 9.17) is 23.4 Å². The normalized spacial score (nSPS) is 12.0. The maximum Gasteiger partial charge on any atom is 0.347 e. The average Bonchev–Trinajstić information content (AvgIpc) is 3.46. The van der Waals surface area contributed by atoms with Crippen LogP contribution < -0.4 is 19.8 Å². The van der Waals surface area contributed by atoms with Crippen molar-refractivity contribution in [1.82, 2.24) is 9.66 Å². The Bertz CT molecular complexity index is 1960. The lowest BCUT2D eigenvalue weighted by Crippen LogP contribution is -2.26. The number of hydrogen-bond donors (Lipinski definition) is 0. The van der Waals surface area contributed by atoms with Crippen molar-refractivity contribution in [2.75, 3.05) is 20.3 Å². The van der Waals surface area contributed by atoms with Gasteiger partial charge in [-0.05, 0) is 57.2 Å². The number of nitrogens with zero attached hydrogens (tertiary/aromatic N) is 4. The van der Waals surface area contributed by atoms with E-state index in [1.165, 1.54) is 25.3 Å². The fourth-order valence-electron chi connectivity index (χ4n) is 4.52. The number of benzene rings is 3. The second-order valence-corrected chi connectivity index (χ2v) is 9.37. The molecule has 3 aromatic carbocycles. The number of ether oxygens (including phenoxy) is 4. The highest BCUT2D eigenvalue weighted by Gasteiger charge is 2.27. The number of furan rings is 1. The predicted octanol–water partition coefficient (Wildman–Crippen LogP) is 5.34. The van der Waals surface area contributed by atoms with Crippen LogP contribution in [0.3, 0.4) is 0 Å². The van der Waals surface area contributed by atoms with Crippen molar-refractivity contribution < 1.29 is 33.1 Å². The van der Waals surface area contributed by atoms with Crippen LogP contribution in [-0.4, -0.2) is 53.2 Å². The van der Waals surface area contributed by atoms with Gasteiger partial charge in [0, 0.05) is 11.6 Å². The molecule has 0 saturated heterocycles. The average molecular weight is 601 g/mol. The standard InChI is InChI=1S/C31H28N4O9/c1-5-41-26-15-19(14-23(35(38)39)28(26)43-18(3)31(37)42-6-2)17-32-34-29(33-22-11-8-7-10-20(22)30(34)36)27-16-21-24(40-4)12-9-13-25(21)44-27/h7-18H,5-6H2,1-4H3/t18-/m1/s1. The molecule has 44 heavy (non-hydrogen) atoms. The highest BCUT2D eigenvalue weighted by atomic mass is 16.6. The molecule has 0 amide bonds. The van der Waals surface area contributed by atoms with Gasteiger partial charge in [0.15, 0.2) is 17.6 Å². The van der Waals surface area contributed by atoms with E-state index in [1.807, 2.05) is 0 Å². The first-order valence-corrected chi connectivity index (χ1v) is 13.7. The Labute approximate surface area is 250 Å². The van der Waals surface area contributed by atoms with Crippen LogP contribution in [0.25, 0.3) is 33.5 Å². The number of aromatic nitrogens is 2. The van der Waals surface area contributed by atoms with Crippen molar-refractivity contribution in [3.63, 3.8) is 0 Å². The van der Waals surface area contributed by atoms with Crippen LogP contribution in [-0.2, 0) is 9.53 Å². The predicted molar refractivity (Wildman–Crippen MR) is 162 cm³/mol. The first-order valence-electron chi connectivity index (χ1n) is 13.7. The van der Waals surface area contributed by atoms with Gasteiger partial charge in [0.25, 0.3) is 5.56 Å². The van der Waals surface area contributed by atoms with Crippen LogP contribution in [0.4, 0.5) is 5.69 Å². The van der Waals surface area contributed by atoms with Crippen LogP contribution in [0.15, 0.2) is 75.0 Å². The van der Waals surface area contributed by atoms with Gasteiger partial charge in [-0.2, -0.15) is 9.78 Å². The molecule has 5 aromatic rings. The molecule has 0 spiro atoms. The molecule has 0 saturated carbocycles. The van der Waals surface area contributed by atoms with Crippen molar-refractivity contribution in [1.29, 1.82) is 0 Å². The number of para-hydroxylation sites is 1. The Morgan fingerprint density at radius 2 is 1.89 bits per heavy atom. The molecular weight excluding hydrogens is 572 g/mol. The number of carbonyl (C=O) groups excluding carboxylic acids is 1. The fraction of sp³-hybridized carbons (Fsp3) is 0.226. The summed E-state index contributed by atoms with van der Waals surface area (Å²) in [6.45, 7) is 5.02. The molecule has 13 heteroatoms.